The molecule has 0 aliphatic rings. The number of carbonyl (C=O) groups excluding carboxylic acids is 1. The highest BCUT2D eigenvalue weighted by atomic mass is 35.5. The standard InChI is InChI=1S/C26H24ClF3N2O3S/c1-3-24(32(4-2)36(34,35)23-14-12-22(27)13-15-23)25(33)31-17-18-6-5-7-20(16-18)19-8-10-21(11-9-19)26(28,29)30/h3,5-16H,4,17H2,1-2H3,(H,31,33)/b24-3+. The monoisotopic (exact) mass is 536 g/mol. The molecule has 3 aromatic rings. The van der Waals surface area contributed by atoms with Crippen molar-refractivity contribution in [1.29, 1.82) is 0 Å². The molecule has 1 N–H and O–H groups in total. The first-order chi connectivity index (χ1) is 17.0. The molecule has 0 aromatic heterocycles. The topological polar surface area (TPSA) is 66.5 Å². The summed E-state index contributed by atoms with van der Waals surface area (Å²) in [6.07, 6.45) is -2.99. The third-order valence-electron chi connectivity index (χ3n) is 5.39. The molecule has 0 aliphatic carbocycles. The lowest BCUT2D eigenvalue weighted by Crippen LogP contribution is -2.38. The van der Waals surface area contributed by atoms with E-state index < -0.39 is 27.7 Å². The Balaban J connectivity index is 1.75. The van der Waals surface area contributed by atoms with Gasteiger partial charge in [-0.15, -0.1) is 0 Å². The average Bonchev–Trinajstić information content (AvgIpc) is 2.85. The molecule has 0 saturated heterocycles. The summed E-state index contributed by atoms with van der Waals surface area (Å²) in [6.45, 7) is 3.31. The van der Waals surface area contributed by atoms with Crippen LogP contribution in [0, 0.1) is 0 Å². The third kappa shape index (κ3) is 6.27. The number of halogens is 4. The molecular formula is C26H24ClF3N2O3S. The summed E-state index contributed by atoms with van der Waals surface area (Å²) in [4.78, 5) is 13.0. The lowest BCUT2D eigenvalue weighted by Gasteiger charge is -2.25. The number of benzene rings is 3. The van der Waals surface area contributed by atoms with Gasteiger partial charge in [0.2, 0.25) is 0 Å². The van der Waals surface area contributed by atoms with Gasteiger partial charge in [-0.1, -0.05) is 48.0 Å². The van der Waals surface area contributed by atoms with Crippen LogP contribution in [0.1, 0.15) is 25.0 Å². The summed E-state index contributed by atoms with van der Waals surface area (Å²) in [5, 5.41) is 3.11. The summed E-state index contributed by atoms with van der Waals surface area (Å²) in [6, 6.07) is 17.5. The molecule has 0 saturated carbocycles. The summed E-state index contributed by atoms with van der Waals surface area (Å²) >= 11 is 5.86. The molecule has 1 amide bonds. The largest absolute Gasteiger partial charge is 0.416 e. The van der Waals surface area contributed by atoms with Gasteiger partial charge in [-0.25, -0.2) is 8.42 Å². The Hall–Kier alpha value is -3.30. The van der Waals surface area contributed by atoms with E-state index in [4.69, 9.17) is 11.6 Å². The van der Waals surface area contributed by atoms with Crippen LogP contribution in [0.2, 0.25) is 5.02 Å². The Bertz CT molecular complexity index is 1350. The Morgan fingerprint density at radius 2 is 1.64 bits per heavy atom. The van der Waals surface area contributed by atoms with E-state index in [1.165, 1.54) is 42.5 Å². The number of nitrogens with zero attached hydrogens (tertiary/aromatic N) is 1. The van der Waals surface area contributed by atoms with Gasteiger partial charge in [0.15, 0.2) is 0 Å². The van der Waals surface area contributed by atoms with Gasteiger partial charge in [-0.05, 0) is 73.0 Å². The van der Waals surface area contributed by atoms with Gasteiger partial charge in [0.25, 0.3) is 15.9 Å². The predicted molar refractivity (Wildman–Crippen MR) is 134 cm³/mol. The molecule has 190 valence electrons. The summed E-state index contributed by atoms with van der Waals surface area (Å²) in [5.74, 6) is -0.586. The van der Waals surface area contributed by atoms with Gasteiger partial charge in [0.1, 0.15) is 5.70 Å². The molecule has 36 heavy (non-hydrogen) atoms. The van der Waals surface area contributed by atoms with Crippen molar-refractivity contribution >= 4 is 27.5 Å². The highest BCUT2D eigenvalue weighted by Gasteiger charge is 2.30. The Kier molecular flexibility index (Phi) is 8.47. The van der Waals surface area contributed by atoms with Crippen LogP contribution >= 0.6 is 11.6 Å². The number of likely N-dealkylation sites (N-methyl/N-ethyl adjacent to an activating group) is 1. The van der Waals surface area contributed by atoms with Crippen molar-refractivity contribution in [2.75, 3.05) is 6.54 Å². The van der Waals surface area contributed by atoms with Crippen molar-refractivity contribution in [3.05, 3.63) is 101 Å². The van der Waals surface area contributed by atoms with E-state index in [-0.39, 0.29) is 23.7 Å². The van der Waals surface area contributed by atoms with Crippen LogP contribution in [-0.2, 0) is 27.5 Å². The van der Waals surface area contributed by atoms with Crippen LogP contribution in [-0.4, -0.2) is 25.2 Å². The molecule has 0 spiro atoms. The van der Waals surface area contributed by atoms with Gasteiger partial charge < -0.3 is 5.32 Å². The second kappa shape index (κ2) is 11.2. The lowest BCUT2D eigenvalue weighted by molar-refractivity contribution is -0.137. The van der Waals surface area contributed by atoms with Crippen LogP contribution in [0.3, 0.4) is 0 Å². The van der Waals surface area contributed by atoms with Crippen LogP contribution in [0.5, 0.6) is 0 Å². The van der Waals surface area contributed by atoms with Gasteiger partial charge in [-0.2, -0.15) is 13.2 Å². The van der Waals surface area contributed by atoms with Gasteiger partial charge >= 0.3 is 6.18 Å². The molecule has 0 unspecified atom stereocenters. The minimum absolute atomic E-state index is 0.00476. The van der Waals surface area contributed by atoms with E-state index >= 15 is 0 Å². The first-order valence-electron chi connectivity index (χ1n) is 11.0. The molecule has 0 atom stereocenters. The second-order valence-corrected chi connectivity index (χ2v) is 10.1. The smallest absolute Gasteiger partial charge is 0.347 e. The van der Waals surface area contributed by atoms with E-state index in [9.17, 15) is 26.4 Å². The second-order valence-electron chi connectivity index (χ2n) is 7.76. The number of allylic oxidation sites excluding steroid dienone is 1. The van der Waals surface area contributed by atoms with Crippen LogP contribution in [0.25, 0.3) is 11.1 Å². The Labute approximate surface area is 213 Å². The number of sulfonamides is 1. The predicted octanol–water partition coefficient (Wildman–Crippen LogP) is 6.26. The van der Waals surface area contributed by atoms with Gasteiger partial charge in [-0.3, -0.25) is 9.10 Å². The maximum atomic E-state index is 13.1. The van der Waals surface area contributed by atoms with Crippen LogP contribution in [0.4, 0.5) is 13.2 Å². The van der Waals surface area contributed by atoms with Crippen molar-refractivity contribution in [2.24, 2.45) is 0 Å². The van der Waals surface area contributed by atoms with Crippen molar-refractivity contribution in [3.63, 3.8) is 0 Å². The molecule has 0 aliphatic heterocycles. The Morgan fingerprint density at radius 3 is 2.19 bits per heavy atom. The fourth-order valence-corrected chi connectivity index (χ4v) is 5.23. The van der Waals surface area contributed by atoms with Crippen molar-refractivity contribution in [1.82, 2.24) is 9.62 Å². The lowest BCUT2D eigenvalue weighted by atomic mass is 10.0. The molecular weight excluding hydrogens is 513 g/mol. The third-order valence-corrected chi connectivity index (χ3v) is 7.54. The van der Waals surface area contributed by atoms with E-state index in [2.05, 4.69) is 5.32 Å². The molecule has 0 bridgehead atoms. The number of hydrogen-bond donors (Lipinski definition) is 1. The number of alkyl halides is 3. The van der Waals surface area contributed by atoms with Crippen LogP contribution < -0.4 is 5.32 Å². The zero-order chi connectivity index (χ0) is 26.5. The number of carbonyl (C=O) groups is 1. The highest BCUT2D eigenvalue weighted by molar-refractivity contribution is 7.89. The molecule has 10 heteroatoms. The maximum Gasteiger partial charge on any atom is 0.416 e. The van der Waals surface area contributed by atoms with E-state index in [0.29, 0.717) is 21.7 Å². The minimum atomic E-state index is -4.41. The Morgan fingerprint density at radius 1 is 1.00 bits per heavy atom. The van der Waals surface area contributed by atoms with E-state index in [1.807, 2.05) is 0 Å². The van der Waals surface area contributed by atoms with Crippen LogP contribution in [0.15, 0.2) is 89.5 Å². The first-order valence-corrected chi connectivity index (χ1v) is 12.8. The summed E-state index contributed by atoms with van der Waals surface area (Å²) < 4.78 is 65.8. The fourth-order valence-electron chi connectivity index (χ4n) is 3.58. The fraction of sp³-hybridized carbons (Fsp3) is 0.192. The summed E-state index contributed by atoms with van der Waals surface area (Å²) in [7, 11) is -4.00. The number of hydrogen-bond acceptors (Lipinski definition) is 3. The first kappa shape index (κ1) is 27.3. The molecule has 3 aromatic carbocycles. The van der Waals surface area contributed by atoms with Gasteiger partial charge in [0, 0.05) is 18.1 Å². The number of amides is 1. The number of nitrogens with one attached hydrogen (secondary N) is 1. The van der Waals surface area contributed by atoms with Crippen molar-refractivity contribution in [3.8, 4) is 11.1 Å². The SMILES string of the molecule is C/C=C(\C(=O)NCc1cccc(-c2ccc(C(F)(F)F)cc2)c1)N(CC)S(=O)(=O)c1ccc(Cl)cc1. The van der Waals surface area contributed by atoms with E-state index in [0.717, 1.165) is 16.4 Å². The zero-order valence-corrected chi connectivity index (χ0v) is 21.1. The summed E-state index contributed by atoms with van der Waals surface area (Å²) in [5.41, 5.74) is 1.20. The zero-order valence-electron chi connectivity index (χ0n) is 19.5. The quantitative estimate of drug-likeness (QED) is 0.346. The highest BCUT2D eigenvalue weighted by Crippen LogP contribution is 2.31. The molecule has 0 fully saturated rings. The number of rotatable bonds is 8. The van der Waals surface area contributed by atoms with Crippen molar-refractivity contribution < 1.29 is 26.4 Å². The molecule has 3 rings (SSSR count). The van der Waals surface area contributed by atoms with Gasteiger partial charge in [0.05, 0.1) is 10.5 Å². The maximum absolute atomic E-state index is 13.1. The minimum Gasteiger partial charge on any atom is -0.347 e. The normalized spacial score (nSPS) is 12.3. The molecule has 5 nitrogen and oxygen atoms in total. The molecule has 0 radical (unpaired) electrons. The van der Waals surface area contributed by atoms with Crippen molar-refractivity contribution in [2.45, 2.75) is 31.5 Å². The molecule has 0 heterocycles. The average molecular weight is 537 g/mol. The van der Waals surface area contributed by atoms with E-state index in [1.54, 1.807) is 38.1 Å².